The fraction of sp³-hybridized carbons (Fsp3) is 0.200. The average Bonchev–Trinajstić information content (AvgIpc) is 3.05. The van der Waals surface area contributed by atoms with Crippen LogP contribution in [0, 0.1) is 0 Å². The van der Waals surface area contributed by atoms with E-state index in [2.05, 4.69) is 0 Å². The van der Waals surface area contributed by atoms with Crippen LogP contribution in [-0.4, -0.2) is 21.6 Å². The van der Waals surface area contributed by atoms with Crippen molar-refractivity contribution >= 4 is 0 Å². The molecule has 2 N–H and O–H groups in total. The Morgan fingerprint density at radius 1 is 0.655 bits per heavy atom. The molecule has 0 radical (unpaired) electrons. The van der Waals surface area contributed by atoms with Gasteiger partial charge in [0.15, 0.2) is 0 Å². The number of fused-ring (bicyclic) bond motifs is 3. The predicted molar refractivity (Wildman–Crippen MR) is 109 cm³/mol. The third kappa shape index (κ3) is 2.20. The Morgan fingerprint density at radius 3 is 1.45 bits per heavy atom. The second-order valence-electron chi connectivity index (χ2n) is 7.90. The Hall–Kier alpha value is -3.14. The molecule has 0 fully saturated rings. The van der Waals surface area contributed by atoms with Gasteiger partial charge in [0.2, 0.25) is 0 Å². The number of aliphatic hydroxyl groups is 2. The minimum atomic E-state index is -2.12. The third-order valence-corrected chi connectivity index (χ3v) is 6.45. The molecule has 0 spiro atoms. The second-order valence-corrected chi connectivity index (χ2v) is 7.90. The summed E-state index contributed by atoms with van der Waals surface area (Å²) < 4.78 is 34.0. The van der Waals surface area contributed by atoms with Crippen molar-refractivity contribution < 1.29 is 19.0 Å². The van der Waals surface area contributed by atoms with Gasteiger partial charge in [-0.25, -0.2) is 8.78 Å². The number of hydrogen-bond donors (Lipinski definition) is 2. The summed E-state index contributed by atoms with van der Waals surface area (Å²) in [6.45, 7) is 0. The van der Waals surface area contributed by atoms with Crippen LogP contribution in [0.1, 0.15) is 24.0 Å². The maximum absolute atomic E-state index is 17.0. The largest absolute Gasteiger partial charge is 0.508 e. The van der Waals surface area contributed by atoms with Crippen LogP contribution in [0.2, 0.25) is 0 Å². The van der Waals surface area contributed by atoms with E-state index in [9.17, 15) is 10.2 Å². The molecule has 2 atom stereocenters. The summed E-state index contributed by atoms with van der Waals surface area (Å²) in [7, 11) is 0. The first-order chi connectivity index (χ1) is 13.9. The van der Waals surface area contributed by atoms with Gasteiger partial charge in [0.1, 0.15) is 22.9 Å². The van der Waals surface area contributed by atoms with E-state index in [-0.39, 0.29) is 24.4 Å². The number of hydrogen-bond acceptors (Lipinski definition) is 2. The van der Waals surface area contributed by atoms with Crippen LogP contribution in [0.15, 0.2) is 96.5 Å². The lowest BCUT2D eigenvalue weighted by Crippen LogP contribution is -2.60. The van der Waals surface area contributed by atoms with Crippen molar-refractivity contribution in [2.75, 3.05) is 0 Å². The molecule has 2 unspecified atom stereocenters. The fourth-order valence-corrected chi connectivity index (χ4v) is 5.25. The SMILES string of the molecule is OC1=CCC(F)(C2(C3(F)C=CC(O)=CC3)c3ccccc3-c3ccccc32)C=C1. The van der Waals surface area contributed by atoms with Crippen LogP contribution in [-0.2, 0) is 5.41 Å². The van der Waals surface area contributed by atoms with Gasteiger partial charge in [-0.2, -0.15) is 0 Å². The van der Waals surface area contributed by atoms with E-state index in [1.165, 1.54) is 36.5 Å². The van der Waals surface area contributed by atoms with E-state index in [0.717, 1.165) is 11.1 Å². The van der Waals surface area contributed by atoms with Crippen LogP contribution in [0.3, 0.4) is 0 Å². The molecule has 2 aromatic rings. The van der Waals surface area contributed by atoms with Crippen molar-refractivity contribution in [1.29, 1.82) is 0 Å². The first-order valence-corrected chi connectivity index (χ1v) is 9.65. The molecule has 29 heavy (non-hydrogen) atoms. The van der Waals surface area contributed by atoms with Gasteiger partial charge in [-0.3, -0.25) is 0 Å². The molecule has 5 rings (SSSR count). The van der Waals surface area contributed by atoms with Crippen molar-refractivity contribution in [3.05, 3.63) is 108 Å². The normalized spacial score (nSPS) is 29.0. The lowest BCUT2D eigenvalue weighted by atomic mass is 9.55. The molecule has 0 heterocycles. The highest BCUT2D eigenvalue weighted by Gasteiger charge is 2.68. The van der Waals surface area contributed by atoms with Crippen molar-refractivity contribution in [2.45, 2.75) is 29.6 Å². The van der Waals surface area contributed by atoms with Crippen molar-refractivity contribution in [1.82, 2.24) is 0 Å². The van der Waals surface area contributed by atoms with Crippen LogP contribution < -0.4 is 0 Å². The zero-order valence-corrected chi connectivity index (χ0v) is 15.6. The number of rotatable bonds is 2. The second kappa shape index (κ2) is 5.93. The molecule has 3 aliphatic carbocycles. The lowest BCUT2D eigenvalue weighted by molar-refractivity contribution is 0.0153. The van der Waals surface area contributed by atoms with Gasteiger partial charge in [-0.1, -0.05) is 48.5 Å². The molecule has 0 saturated heterocycles. The van der Waals surface area contributed by atoms with E-state index in [0.29, 0.717) is 11.1 Å². The van der Waals surface area contributed by atoms with Crippen LogP contribution in [0.25, 0.3) is 11.1 Å². The number of alkyl halides is 2. The van der Waals surface area contributed by atoms with Gasteiger partial charge in [0.05, 0.1) is 5.41 Å². The molecule has 0 aromatic heterocycles. The standard InChI is InChI=1S/C25H20F2O2/c26-23(13-9-17(28)10-14-23)25(24(27)15-11-18(29)12-16-24)21-7-3-1-5-19(21)20-6-2-4-8-22(20)25/h1-13,15,28-29H,14,16H2. The Kier molecular flexibility index (Phi) is 3.66. The van der Waals surface area contributed by atoms with Gasteiger partial charge >= 0.3 is 0 Å². The molecule has 0 amide bonds. The molecule has 4 heteroatoms. The highest BCUT2D eigenvalue weighted by Crippen LogP contribution is 2.64. The zero-order valence-electron chi connectivity index (χ0n) is 15.6. The smallest absolute Gasteiger partial charge is 0.150 e. The van der Waals surface area contributed by atoms with Gasteiger partial charge in [-0.05, 0) is 58.7 Å². The van der Waals surface area contributed by atoms with E-state index in [1.807, 2.05) is 24.3 Å². The number of halogens is 2. The number of allylic oxidation sites excluding steroid dienone is 6. The molecule has 3 aliphatic rings. The first-order valence-electron chi connectivity index (χ1n) is 9.65. The highest BCUT2D eigenvalue weighted by molar-refractivity contribution is 5.84. The van der Waals surface area contributed by atoms with Gasteiger partial charge in [0, 0.05) is 12.8 Å². The molecule has 2 nitrogen and oxygen atoms in total. The van der Waals surface area contributed by atoms with Gasteiger partial charge in [0.25, 0.3) is 0 Å². The Labute approximate surface area is 167 Å². The molecule has 0 bridgehead atoms. The van der Waals surface area contributed by atoms with Gasteiger partial charge in [-0.15, -0.1) is 0 Å². The monoisotopic (exact) mass is 390 g/mol. The quantitative estimate of drug-likeness (QED) is 0.643. The first kappa shape index (κ1) is 17.9. The summed E-state index contributed by atoms with van der Waals surface area (Å²) in [5.74, 6) is -0.0600. The van der Waals surface area contributed by atoms with Crippen molar-refractivity contribution in [3.8, 4) is 11.1 Å². The minimum absolute atomic E-state index is 0.0300. The minimum Gasteiger partial charge on any atom is -0.508 e. The molecule has 2 aromatic carbocycles. The zero-order chi connectivity index (χ0) is 20.3. The van der Waals surface area contributed by atoms with Crippen molar-refractivity contribution in [3.63, 3.8) is 0 Å². The number of benzene rings is 2. The fourth-order valence-electron chi connectivity index (χ4n) is 5.25. The van der Waals surface area contributed by atoms with Crippen LogP contribution in [0.5, 0.6) is 0 Å². The van der Waals surface area contributed by atoms with Crippen molar-refractivity contribution in [2.24, 2.45) is 0 Å². The Morgan fingerprint density at radius 2 is 1.07 bits per heavy atom. The third-order valence-electron chi connectivity index (χ3n) is 6.45. The molecular formula is C25H20F2O2. The molecular weight excluding hydrogens is 370 g/mol. The summed E-state index contributed by atoms with van der Waals surface area (Å²) in [4.78, 5) is 0. The van der Waals surface area contributed by atoms with E-state index in [1.54, 1.807) is 24.3 Å². The van der Waals surface area contributed by atoms with E-state index >= 15 is 8.78 Å². The Balaban J connectivity index is 1.89. The lowest BCUT2D eigenvalue weighted by Gasteiger charge is -2.51. The van der Waals surface area contributed by atoms with Crippen LogP contribution in [0.4, 0.5) is 8.78 Å². The number of aliphatic hydroxyl groups excluding tert-OH is 2. The molecule has 0 saturated carbocycles. The highest BCUT2D eigenvalue weighted by atomic mass is 19.2. The maximum atomic E-state index is 17.0. The van der Waals surface area contributed by atoms with E-state index in [4.69, 9.17) is 0 Å². The molecule has 146 valence electrons. The summed E-state index contributed by atoms with van der Waals surface area (Å²) in [5.41, 5.74) is -3.17. The summed E-state index contributed by atoms with van der Waals surface area (Å²) in [6.07, 6.45) is 7.66. The van der Waals surface area contributed by atoms with E-state index < -0.39 is 16.8 Å². The van der Waals surface area contributed by atoms with Crippen LogP contribution >= 0.6 is 0 Å². The predicted octanol–water partition coefficient (Wildman–Crippen LogP) is 6.17. The summed E-state index contributed by atoms with van der Waals surface area (Å²) in [5, 5.41) is 19.7. The Bertz CT molecular complexity index is 1040. The summed E-state index contributed by atoms with van der Waals surface area (Å²) >= 11 is 0. The topological polar surface area (TPSA) is 40.5 Å². The van der Waals surface area contributed by atoms with Gasteiger partial charge < -0.3 is 10.2 Å². The maximum Gasteiger partial charge on any atom is 0.150 e. The average molecular weight is 390 g/mol. The summed E-state index contributed by atoms with van der Waals surface area (Å²) in [6, 6.07) is 14.7. The molecule has 0 aliphatic heterocycles.